The molecular formula is C17H28N2O2. The van der Waals surface area contributed by atoms with E-state index in [0.29, 0.717) is 6.54 Å². The summed E-state index contributed by atoms with van der Waals surface area (Å²) in [6.45, 7) is 6.00. The van der Waals surface area contributed by atoms with Gasteiger partial charge in [-0.3, -0.25) is 0 Å². The van der Waals surface area contributed by atoms with Crippen LogP contribution in [-0.4, -0.2) is 43.0 Å². The van der Waals surface area contributed by atoms with Crippen molar-refractivity contribution in [3.63, 3.8) is 0 Å². The molecule has 0 aromatic heterocycles. The summed E-state index contributed by atoms with van der Waals surface area (Å²) in [7, 11) is 1.68. The van der Waals surface area contributed by atoms with Gasteiger partial charge in [0.25, 0.3) is 0 Å². The van der Waals surface area contributed by atoms with E-state index in [2.05, 4.69) is 36.6 Å². The Kier molecular flexibility index (Phi) is 5.62. The third-order valence-corrected chi connectivity index (χ3v) is 4.16. The number of hydrogen-bond acceptors (Lipinski definition) is 4. The first-order valence-corrected chi connectivity index (χ1v) is 7.79. The molecule has 1 fully saturated rings. The molecule has 0 amide bonds. The molecule has 118 valence electrons. The van der Waals surface area contributed by atoms with Gasteiger partial charge in [0.1, 0.15) is 5.75 Å². The molecule has 0 aliphatic carbocycles. The summed E-state index contributed by atoms with van der Waals surface area (Å²) in [5, 5.41) is 17.0. The van der Waals surface area contributed by atoms with Crippen molar-refractivity contribution in [2.75, 3.05) is 20.2 Å². The topological polar surface area (TPSA) is 53.5 Å². The molecule has 0 unspecified atom stereocenters. The molecule has 1 aliphatic rings. The van der Waals surface area contributed by atoms with E-state index < -0.39 is 0 Å². The highest BCUT2D eigenvalue weighted by Gasteiger charge is 2.25. The van der Waals surface area contributed by atoms with Gasteiger partial charge < -0.3 is 20.5 Å². The van der Waals surface area contributed by atoms with Crippen molar-refractivity contribution in [2.24, 2.45) is 0 Å². The minimum absolute atomic E-state index is 0.0474. The van der Waals surface area contributed by atoms with Crippen molar-refractivity contribution in [1.29, 1.82) is 0 Å². The Morgan fingerprint density at radius 3 is 2.67 bits per heavy atom. The average Bonchev–Trinajstić information content (AvgIpc) is 2.99. The smallest absolute Gasteiger partial charge is 0.118 e. The van der Waals surface area contributed by atoms with Crippen molar-refractivity contribution < 1.29 is 9.84 Å². The molecule has 1 aromatic carbocycles. The highest BCUT2D eigenvalue weighted by molar-refractivity contribution is 5.28. The summed E-state index contributed by atoms with van der Waals surface area (Å²) in [4.78, 5) is 0. The van der Waals surface area contributed by atoms with E-state index in [1.807, 2.05) is 12.1 Å². The lowest BCUT2D eigenvalue weighted by molar-refractivity contribution is 0.123. The van der Waals surface area contributed by atoms with Crippen LogP contribution in [0.5, 0.6) is 5.75 Å². The zero-order valence-electron chi connectivity index (χ0n) is 13.4. The lowest BCUT2D eigenvalue weighted by atomic mass is 9.94. The minimum Gasteiger partial charge on any atom is -0.497 e. The highest BCUT2D eigenvalue weighted by Crippen LogP contribution is 2.17. The maximum Gasteiger partial charge on any atom is 0.118 e. The third-order valence-electron chi connectivity index (χ3n) is 4.16. The fourth-order valence-corrected chi connectivity index (χ4v) is 2.88. The van der Waals surface area contributed by atoms with Crippen molar-refractivity contribution in [2.45, 2.75) is 50.8 Å². The summed E-state index contributed by atoms with van der Waals surface area (Å²) in [5.74, 6) is 0.882. The Bertz CT molecular complexity index is 425. The number of hydrogen-bond donors (Lipinski definition) is 3. The van der Waals surface area contributed by atoms with Gasteiger partial charge in [-0.25, -0.2) is 0 Å². The van der Waals surface area contributed by atoms with Gasteiger partial charge in [-0.1, -0.05) is 12.1 Å². The van der Waals surface area contributed by atoms with E-state index in [1.165, 1.54) is 5.56 Å². The number of benzene rings is 1. The lowest BCUT2D eigenvalue weighted by Crippen LogP contribution is -2.49. The van der Waals surface area contributed by atoms with Crippen LogP contribution in [-0.2, 0) is 6.42 Å². The predicted molar refractivity (Wildman–Crippen MR) is 85.8 cm³/mol. The number of rotatable bonds is 7. The van der Waals surface area contributed by atoms with Gasteiger partial charge in [0.15, 0.2) is 0 Å². The van der Waals surface area contributed by atoms with Gasteiger partial charge in [-0.05, 0) is 57.4 Å². The largest absolute Gasteiger partial charge is 0.497 e. The van der Waals surface area contributed by atoms with Gasteiger partial charge in [0, 0.05) is 18.1 Å². The molecule has 0 saturated carbocycles. The summed E-state index contributed by atoms with van der Waals surface area (Å²) < 4.78 is 5.18. The first-order valence-electron chi connectivity index (χ1n) is 7.79. The number of ether oxygens (including phenoxy) is 1. The molecule has 21 heavy (non-hydrogen) atoms. The molecule has 3 N–H and O–H groups in total. The predicted octanol–water partition coefficient (Wildman–Crippen LogP) is 1.72. The summed E-state index contributed by atoms with van der Waals surface area (Å²) >= 11 is 0. The monoisotopic (exact) mass is 292 g/mol. The van der Waals surface area contributed by atoms with Crippen LogP contribution in [0.25, 0.3) is 0 Å². The van der Waals surface area contributed by atoms with Crippen LogP contribution in [0, 0.1) is 0 Å². The molecule has 0 radical (unpaired) electrons. The molecule has 1 aliphatic heterocycles. The number of methoxy groups -OCH3 is 1. The molecule has 2 atom stereocenters. The van der Waals surface area contributed by atoms with Gasteiger partial charge in [0.2, 0.25) is 0 Å². The molecule has 1 saturated heterocycles. The first-order chi connectivity index (χ1) is 10.00. The quantitative estimate of drug-likeness (QED) is 0.716. The van der Waals surface area contributed by atoms with Crippen molar-refractivity contribution in [3.05, 3.63) is 29.8 Å². The van der Waals surface area contributed by atoms with E-state index in [4.69, 9.17) is 4.74 Å². The average molecular weight is 292 g/mol. The SMILES string of the molecule is COc1ccc(CC(C)(C)NC[C@@H](O)[C@H]2CCCN2)cc1. The second-order valence-electron chi connectivity index (χ2n) is 6.56. The van der Waals surface area contributed by atoms with Crippen LogP contribution < -0.4 is 15.4 Å². The third kappa shape index (κ3) is 4.99. The molecule has 1 aromatic rings. The number of aliphatic hydroxyl groups is 1. The van der Waals surface area contributed by atoms with Crippen LogP contribution >= 0.6 is 0 Å². The molecule has 0 bridgehead atoms. The van der Waals surface area contributed by atoms with Crippen molar-refractivity contribution in [3.8, 4) is 5.75 Å². The Hall–Kier alpha value is -1.10. The summed E-state index contributed by atoms with van der Waals surface area (Å²) in [6, 6.07) is 8.41. The zero-order chi connectivity index (χ0) is 15.3. The van der Waals surface area contributed by atoms with Crippen LogP contribution in [0.2, 0.25) is 0 Å². The highest BCUT2D eigenvalue weighted by atomic mass is 16.5. The van der Waals surface area contributed by atoms with Crippen LogP contribution in [0.15, 0.2) is 24.3 Å². The lowest BCUT2D eigenvalue weighted by Gasteiger charge is -2.29. The number of β-amino-alcohol motifs (C(OH)–C–C–N with tert-alkyl or cyclic N) is 1. The normalized spacial score (nSPS) is 20.5. The van der Waals surface area contributed by atoms with Gasteiger partial charge >= 0.3 is 0 Å². The zero-order valence-corrected chi connectivity index (χ0v) is 13.4. The van der Waals surface area contributed by atoms with Crippen LogP contribution in [0.1, 0.15) is 32.3 Å². The second kappa shape index (κ2) is 7.25. The van der Waals surface area contributed by atoms with E-state index >= 15 is 0 Å². The van der Waals surface area contributed by atoms with Crippen LogP contribution in [0.4, 0.5) is 0 Å². The van der Waals surface area contributed by atoms with E-state index in [-0.39, 0.29) is 17.7 Å². The fourth-order valence-electron chi connectivity index (χ4n) is 2.88. The van der Waals surface area contributed by atoms with Crippen molar-refractivity contribution in [1.82, 2.24) is 10.6 Å². The molecule has 4 nitrogen and oxygen atoms in total. The molecule has 4 heteroatoms. The standard InChI is InChI=1S/C17H28N2O2/c1-17(2,11-13-6-8-14(21-3)9-7-13)19-12-16(20)15-5-4-10-18-15/h6-9,15-16,18-20H,4-5,10-12H2,1-3H3/t15-,16-/m1/s1. The summed E-state index contributed by atoms with van der Waals surface area (Å²) in [5.41, 5.74) is 1.22. The Morgan fingerprint density at radius 1 is 1.38 bits per heavy atom. The Morgan fingerprint density at radius 2 is 2.10 bits per heavy atom. The van der Waals surface area contributed by atoms with E-state index in [0.717, 1.165) is 31.6 Å². The van der Waals surface area contributed by atoms with Gasteiger partial charge in [0.05, 0.1) is 13.2 Å². The number of aliphatic hydroxyl groups excluding tert-OH is 1. The van der Waals surface area contributed by atoms with Gasteiger partial charge in [-0.15, -0.1) is 0 Å². The van der Waals surface area contributed by atoms with Crippen LogP contribution in [0.3, 0.4) is 0 Å². The summed E-state index contributed by atoms with van der Waals surface area (Å²) in [6.07, 6.45) is 2.84. The fraction of sp³-hybridized carbons (Fsp3) is 0.647. The Balaban J connectivity index is 1.82. The van der Waals surface area contributed by atoms with Gasteiger partial charge in [-0.2, -0.15) is 0 Å². The second-order valence-corrected chi connectivity index (χ2v) is 6.56. The maximum absolute atomic E-state index is 10.2. The van der Waals surface area contributed by atoms with E-state index in [1.54, 1.807) is 7.11 Å². The first kappa shape index (κ1) is 16.3. The minimum atomic E-state index is -0.317. The van der Waals surface area contributed by atoms with Crippen molar-refractivity contribution >= 4 is 0 Å². The Labute approximate surface area is 127 Å². The molecule has 1 heterocycles. The molecule has 2 rings (SSSR count). The molecule has 0 spiro atoms. The molecular weight excluding hydrogens is 264 g/mol. The van der Waals surface area contributed by atoms with E-state index in [9.17, 15) is 5.11 Å². The maximum atomic E-state index is 10.2. The number of nitrogens with one attached hydrogen (secondary N) is 2.